The Balaban J connectivity index is 2.59. The van der Waals surface area contributed by atoms with Gasteiger partial charge in [0.15, 0.2) is 0 Å². The number of amides is 2. The van der Waals surface area contributed by atoms with Crippen molar-refractivity contribution in [2.45, 2.75) is 6.42 Å². The highest BCUT2D eigenvalue weighted by atomic mass is 79.9. The van der Waals surface area contributed by atoms with Crippen molar-refractivity contribution in [2.24, 2.45) is 5.10 Å². The molecule has 1 aromatic rings. The number of aliphatic carboxylic acids is 1. The van der Waals surface area contributed by atoms with Gasteiger partial charge in [-0.2, -0.15) is 5.10 Å². The quantitative estimate of drug-likeness (QED) is 0.235. The van der Waals surface area contributed by atoms with E-state index in [-0.39, 0.29) is 5.75 Å². The summed E-state index contributed by atoms with van der Waals surface area (Å²) in [4.78, 5) is 33.5. The van der Waals surface area contributed by atoms with Crippen molar-refractivity contribution in [3.63, 3.8) is 0 Å². The highest BCUT2D eigenvalue weighted by Gasteiger charge is 2.11. The van der Waals surface area contributed by atoms with Gasteiger partial charge in [0.05, 0.1) is 12.2 Å². The summed E-state index contributed by atoms with van der Waals surface area (Å²) in [6.45, 7) is 0.146. The number of hydrogen-bond donors (Lipinski definition) is 2. The predicted octanol–water partition coefficient (Wildman–Crippen LogP) is -0.819. The molecule has 0 bridgehead atoms. The normalized spacial score (nSPS) is 10.5. The van der Waals surface area contributed by atoms with E-state index in [0.29, 0.717) is 29.6 Å². The van der Waals surface area contributed by atoms with Crippen LogP contribution in [-0.2, 0) is 19.1 Å². The summed E-state index contributed by atoms with van der Waals surface area (Å²) in [5, 5.41) is 16.5. The lowest BCUT2D eigenvalue weighted by Crippen LogP contribution is -2.38. The van der Waals surface area contributed by atoms with Gasteiger partial charge >= 0.3 is 11.8 Å². The third-order valence-corrected chi connectivity index (χ3v) is 3.20. The molecule has 0 aliphatic heterocycles. The molecule has 1 aromatic carbocycles. The number of nitrogens with zero attached hydrogens (tertiary/aromatic N) is 1. The number of carbonyl (C=O) groups is 3. The molecule has 0 atom stereocenters. The minimum absolute atomic E-state index is 0.231. The Kier molecular flexibility index (Phi) is 9.19. The summed E-state index contributed by atoms with van der Waals surface area (Å²) in [5.74, 6) is -2.89. The summed E-state index contributed by atoms with van der Waals surface area (Å²) in [7, 11) is 1.54. The second-order valence-electron chi connectivity index (χ2n) is 4.64. The Morgan fingerprint density at radius 3 is 2.76 bits per heavy atom. The van der Waals surface area contributed by atoms with E-state index < -0.39 is 24.4 Å². The van der Waals surface area contributed by atoms with Crippen molar-refractivity contribution in [3.05, 3.63) is 28.2 Å². The first kappa shape index (κ1) is 20.6. The number of carboxylic acid groups (broad SMARTS) is 1. The van der Waals surface area contributed by atoms with Crippen molar-refractivity contribution in [1.29, 1.82) is 0 Å². The van der Waals surface area contributed by atoms with Gasteiger partial charge in [0.2, 0.25) is 0 Å². The second-order valence-corrected chi connectivity index (χ2v) is 5.56. The molecule has 0 saturated carbocycles. The third-order valence-electron chi connectivity index (χ3n) is 2.70. The van der Waals surface area contributed by atoms with Crippen LogP contribution in [-0.4, -0.2) is 50.9 Å². The molecular formula is C15H17BrN3O6-. The molecule has 0 aromatic heterocycles. The zero-order valence-corrected chi connectivity index (χ0v) is 15.0. The molecule has 0 aliphatic carbocycles. The van der Waals surface area contributed by atoms with Crippen LogP contribution in [0.25, 0.3) is 0 Å². The molecule has 0 radical (unpaired) electrons. The summed E-state index contributed by atoms with van der Waals surface area (Å²) in [6.07, 6.45) is 1.81. The van der Waals surface area contributed by atoms with Gasteiger partial charge in [0, 0.05) is 30.3 Å². The van der Waals surface area contributed by atoms with E-state index in [0.717, 1.165) is 0 Å². The Morgan fingerprint density at radius 1 is 1.32 bits per heavy atom. The molecule has 0 saturated heterocycles. The number of methoxy groups -OCH3 is 1. The maximum atomic E-state index is 11.6. The van der Waals surface area contributed by atoms with Crippen LogP contribution in [0.5, 0.6) is 5.75 Å². The number of halogens is 1. The average Bonchev–Trinajstić information content (AvgIpc) is 2.57. The van der Waals surface area contributed by atoms with Crippen LogP contribution in [0.3, 0.4) is 0 Å². The van der Waals surface area contributed by atoms with E-state index in [9.17, 15) is 19.5 Å². The molecule has 10 heteroatoms. The van der Waals surface area contributed by atoms with Crippen LogP contribution in [0.4, 0.5) is 0 Å². The van der Waals surface area contributed by atoms with E-state index in [4.69, 9.17) is 9.47 Å². The summed E-state index contributed by atoms with van der Waals surface area (Å²) < 4.78 is 10.6. The van der Waals surface area contributed by atoms with Gasteiger partial charge in [-0.1, -0.05) is 15.9 Å². The lowest BCUT2D eigenvalue weighted by Gasteiger charge is -2.09. The molecule has 9 nitrogen and oxygen atoms in total. The minimum Gasteiger partial charge on any atom is -0.546 e. The van der Waals surface area contributed by atoms with E-state index >= 15 is 0 Å². The summed E-state index contributed by atoms with van der Waals surface area (Å²) >= 11 is 3.25. The van der Waals surface area contributed by atoms with Gasteiger partial charge in [0.1, 0.15) is 12.4 Å². The van der Waals surface area contributed by atoms with Crippen molar-refractivity contribution in [1.82, 2.24) is 10.7 Å². The van der Waals surface area contributed by atoms with Gasteiger partial charge in [-0.3, -0.25) is 9.59 Å². The Bertz CT molecular complexity index is 650. The number of rotatable bonds is 9. The number of carbonyl (C=O) groups excluding carboxylic acids is 3. The maximum Gasteiger partial charge on any atom is 0.329 e. The number of benzene rings is 1. The number of nitrogens with one attached hydrogen (secondary N) is 2. The van der Waals surface area contributed by atoms with E-state index in [1.165, 1.54) is 19.4 Å². The van der Waals surface area contributed by atoms with Crippen LogP contribution in [0, 0.1) is 0 Å². The minimum atomic E-state index is -1.37. The largest absolute Gasteiger partial charge is 0.546 e. The van der Waals surface area contributed by atoms with E-state index in [2.05, 4.69) is 31.8 Å². The fraction of sp³-hybridized carbons (Fsp3) is 0.333. The Morgan fingerprint density at radius 2 is 2.08 bits per heavy atom. The zero-order valence-electron chi connectivity index (χ0n) is 13.4. The molecule has 0 heterocycles. The van der Waals surface area contributed by atoms with Crippen LogP contribution in [0.2, 0.25) is 0 Å². The third kappa shape index (κ3) is 8.27. The summed E-state index contributed by atoms with van der Waals surface area (Å²) in [5.41, 5.74) is 2.47. The maximum absolute atomic E-state index is 11.6. The van der Waals surface area contributed by atoms with Gasteiger partial charge in [-0.25, -0.2) is 5.43 Å². The summed E-state index contributed by atoms with van der Waals surface area (Å²) in [6, 6.07) is 4.78. The average molecular weight is 415 g/mol. The lowest BCUT2D eigenvalue weighted by atomic mass is 10.2. The lowest BCUT2D eigenvalue weighted by molar-refractivity contribution is -0.307. The van der Waals surface area contributed by atoms with Gasteiger partial charge in [0.25, 0.3) is 0 Å². The SMILES string of the molecule is COCCCNC(=O)C(=O)N/N=C\c1cc(Br)ccc1OCC(=O)[O-]. The Labute approximate surface area is 152 Å². The highest BCUT2D eigenvalue weighted by molar-refractivity contribution is 9.10. The number of carboxylic acids is 1. The molecule has 1 rings (SSSR count). The first-order valence-corrected chi connectivity index (χ1v) is 7.95. The molecule has 25 heavy (non-hydrogen) atoms. The van der Waals surface area contributed by atoms with E-state index in [1.807, 2.05) is 0 Å². The van der Waals surface area contributed by atoms with Gasteiger partial charge in [-0.15, -0.1) is 0 Å². The molecule has 136 valence electrons. The topological polar surface area (TPSA) is 129 Å². The van der Waals surface area contributed by atoms with E-state index in [1.54, 1.807) is 12.1 Å². The van der Waals surface area contributed by atoms with Crippen LogP contribution in [0.15, 0.2) is 27.8 Å². The fourth-order valence-corrected chi connectivity index (χ4v) is 1.98. The molecule has 2 N–H and O–H groups in total. The van der Waals surface area contributed by atoms with Gasteiger partial charge < -0.3 is 24.7 Å². The van der Waals surface area contributed by atoms with Gasteiger partial charge in [-0.05, 0) is 24.6 Å². The molecular weight excluding hydrogens is 398 g/mol. The van der Waals surface area contributed by atoms with Crippen molar-refractivity contribution in [2.75, 3.05) is 26.9 Å². The monoisotopic (exact) mass is 414 g/mol. The first-order valence-electron chi connectivity index (χ1n) is 7.16. The number of hydrogen-bond acceptors (Lipinski definition) is 7. The predicted molar refractivity (Wildman–Crippen MR) is 89.9 cm³/mol. The molecule has 0 aliphatic rings. The smallest absolute Gasteiger partial charge is 0.329 e. The number of hydrazone groups is 1. The molecule has 0 spiro atoms. The van der Waals surface area contributed by atoms with Crippen LogP contribution < -0.4 is 20.6 Å². The van der Waals surface area contributed by atoms with Crippen molar-refractivity contribution >= 4 is 39.9 Å². The molecule has 2 amide bonds. The number of ether oxygens (including phenoxy) is 2. The molecule has 0 fully saturated rings. The first-order chi connectivity index (χ1) is 11.9. The van der Waals surface area contributed by atoms with Crippen LogP contribution >= 0.6 is 15.9 Å². The Hall–Kier alpha value is -2.46. The second kappa shape index (κ2) is 11.2. The standard InChI is InChI=1S/C15H18BrN3O6/c1-24-6-2-5-17-14(22)15(23)19-18-8-10-7-11(16)3-4-12(10)25-9-13(20)21/h3-4,7-8H,2,5-6,9H2,1H3,(H,17,22)(H,19,23)(H,20,21)/p-1/b18-8-. The van der Waals surface area contributed by atoms with Crippen molar-refractivity contribution in [3.8, 4) is 5.75 Å². The van der Waals surface area contributed by atoms with Crippen LogP contribution in [0.1, 0.15) is 12.0 Å². The zero-order chi connectivity index (χ0) is 18.7. The highest BCUT2D eigenvalue weighted by Crippen LogP contribution is 2.21. The fourth-order valence-electron chi connectivity index (χ4n) is 1.60. The molecule has 0 unspecified atom stereocenters. The van der Waals surface area contributed by atoms with Crippen molar-refractivity contribution < 1.29 is 29.0 Å².